The Labute approximate surface area is 168 Å². The second-order valence-corrected chi connectivity index (χ2v) is 7.69. The molecular formula is C21H22N4O2S. The Balaban J connectivity index is 1.49. The molecule has 1 aliphatic heterocycles. The molecule has 1 N–H and O–H groups in total. The highest BCUT2D eigenvalue weighted by atomic mass is 32.1. The molecule has 0 bridgehead atoms. The van der Waals surface area contributed by atoms with Gasteiger partial charge in [0.05, 0.1) is 13.2 Å². The van der Waals surface area contributed by atoms with E-state index in [2.05, 4.69) is 60.9 Å². The quantitative estimate of drug-likeness (QED) is 0.645. The smallest absolute Gasteiger partial charge is 0.358 e. The molecule has 1 aliphatic rings. The number of ether oxygens (including phenoxy) is 1. The van der Waals surface area contributed by atoms with Gasteiger partial charge in [0.2, 0.25) is 0 Å². The average molecular weight is 395 g/mol. The highest BCUT2D eigenvalue weighted by molar-refractivity contribution is 7.10. The van der Waals surface area contributed by atoms with Crippen molar-refractivity contribution in [2.45, 2.75) is 19.0 Å². The summed E-state index contributed by atoms with van der Waals surface area (Å²) < 4.78 is 4.67. The molecule has 2 aromatic heterocycles. The van der Waals surface area contributed by atoms with Crippen LogP contribution in [0.3, 0.4) is 0 Å². The molecule has 0 saturated carbocycles. The number of esters is 1. The van der Waals surface area contributed by atoms with Gasteiger partial charge in [-0.3, -0.25) is 4.90 Å². The van der Waals surface area contributed by atoms with Gasteiger partial charge in [-0.2, -0.15) is 0 Å². The molecule has 144 valence electrons. The number of rotatable bonds is 6. The highest BCUT2D eigenvalue weighted by Crippen LogP contribution is 2.30. The first-order valence-corrected chi connectivity index (χ1v) is 10.1. The molecule has 3 aromatic rings. The van der Waals surface area contributed by atoms with Crippen LogP contribution in [0.2, 0.25) is 0 Å². The van der Waals surface area contributed by atoms with Crippen molar-refractivity contribution in [1.29, 1.82) is 0 Å². The van der Waals surface area contributed by atoms with E-state index in [1.54, 1.807) is 12.1 Å². The number of hydrogen-bond acceptors (Lipinski definition) is 7. The minimum Gasteiger partial charge on any atom is -0.464 e. The molecule has 4 rings (SSSR count). The maximum atomic E-state index is 11.5. The molecule has 1 aromatic carbocycles. The zero-order valence-electron chi connectivity index (χ0n) is 15.7. The van der Waals surface area contributed by atoms with Crippen LogP contribution in [0.4, 0.5) is 5.82 Å². The zero-order chi connectivity index (χ0) is 19.3. The molecule has 6 nitrogen and oxygen atoms in total. The van der Waals surface area contributed by atoms with Gasteiger partial charge in [0.25, 0.3) is 0 Å². The Bertz CT molecular complexity index is 927. The third kappa shape index (κ3) is 4.05. The Hall–Kier alpha value is -2.77. The Morgan fingerprint density at radius 1 is 1.21 bits per heavy atom. The van der Waals surface area contributed by atoms with Crippen LogP contribution in [0, 0.1) is 0 Å². The van der Waals surface area contributed by atoms with Crippen molar-refractivity contribution >= 4 is 23.1 Å². The normalized spacial score (nSPS) is 14.9. The standard InChI is InChI=1S/C21H22N4O2S/c1-27-21(26)17-7-8-20(24-23-17)22-13-18(15-5-3-2-4-6-15)25-11-9-19-16(14-25)10-12-28-19/h2-8,10,12,18H,9,11,13-14H2,1H3,(H,22,24)/t18-/m0/s1. The predicted molar refractivity (Wildman–Crippen MR) is 109 cm³/mol. The van der Waals surface area contributed by atoms with Crippen molar-refractivity contribution in [3.05, 3.63) is 75.6 Å². The van der Waals surface area contributed by atoms with Crippen LogP contribution in [0.1, 0.15) is 32.5 Å². The fourth-order valence-corrected chi connectivity index (χ4v) is 4.40. The molecule has 1 atom stereocenters. The van der Waals surface area contributed by atoms with Crippen molar-refractivity contribution in [2.24, 2.45) is 0 Å². The number of aromatic nitrogens is 2. The molecule has 7 heteroatoms. The van der Waals surface area contributed by atoms with Crippen molar-refractivity contribution in [1.82, 2.24) is 15.1 Å². The van der Waals surface area contributed by atoms with Crippen LogP contribution < -0.4 is 5.32 Å². The van der Waals surface area contributed by atoms with Gasteiger partial charge >= 0.3 is 5.97 Å². The monoisotopic (exact) mass is 394 g/mol. The largest absolute Gasteiger partial charge is 0.464 e. The number of benzene rings is 1. The molecule has 0 amide bonds. The number of anilines is 1. The van der Waals surface area contributed by atoms with Gasteiger partial charge < -0.3 is 10.1 Å². The van der Waals surface area contributed by atoms with E-state index in [1.165, 1.54) is 23.1 Å². The van der Waals surface area contributed by atoms with Crippen molar-refractivity contribution < 1.29 is 9.53 Å². The third-order valence-corrected chi connectivity index (χ3v) is 6.02. The fourth-order valence-electron chi connectivity index (χ4n) is 3.51. The van der Waals surface area contributed by atoms with E-state index in [4.69, 9.17) is 0 Å². The average Bonchev–Trinajstić information content (AvgIpc) is 3.22. The summed E-state index contributed by atoms with van der Waals surface area (Å²) in [5.74, 6) is 0.155. The summed E-state index contributed by atoms with van der Waals surface area (Å²) in [5, 5.41) is 13.6. The predicted octanol–water partition coefficient (Wildman–Crippen LogP) is 3.54. The van der Waals surface area contributed by atoms with Gasteiger partial charge in [0, 0.05) is 24.5 Å². The van der Waals surface area contributed by atoms with Crippen molar-refractivity contribution in [3.8, 4) is 0 Å². The van der Waals surface area contributed by atoms with Gasteiger partial charge in [-0.1, -0.05) is 30.3 Å². The van der Waals surface area contributed by atoms with Gasteiger partial charge in [-0.25, -0.2) is 4.79 Å². The SMILES string of the molecule is COC(=O)c1ccc(NC[C@@H](c2ccccc2)N2CCc3sccc3C2)nn1. The lowest BCUT2D eigenvalue weighted by atomic mass is 10.0. The third-order valence-electron chi connectivity index (χ3n) is 5.00. The number of hydrogen-bond donors (Lipinski definition) is 1. The maximum absolute atomic E-state index is 11.5. The lowest BCUT2D eigenvalue weighted by Crippen LogP contribution is -2.37. The number of fused-ring (bicyclic) bond motifs is 1. The lowest BCUT2D eigenvalue weighted by Gasteiger charge is -2.35. The van der Waals surface area contributed by atoms with Crippen LogP contribution in [0.25, 0.3) is 0 Å². The van der Waals surface area contributed by atoms with E-state index < -0.39 is 5.97 Å². The second kappa shape index (κ2) is 8.50. The minimum absolute atomic E-state index is 0.202. The Kier molecular flexibility index (Phi) is 5.64. The molecular weight excluding hydrogens is 372 g/mol. The number of carbonyl (C=O) groups is 1. The first-order chi connectivity index (χ1) is 13.7. The topological polar surface area (TPSA) is 67.3 Å². The summed E-state index contributed by atoms with van der Waals surface area (Å²) in [7, 11) is 1.33. The molecule has 0 aliphatic carbocycles. The van der Waals surface area contributed by atoms with Crippen LogP contribution in [-0.4, -0.2) is 41.3 Å². The number of carbonyl (C=O) groups excluding carboxylic acids is 1. The molecule has 0 saturated heterocycles. The number of nitrogens with one attached hydrogen (secondary N) is 1. The van der Waals surface area contributed by atoms with Gasteiger partial charge in [-0.05, 0) is 41.1 Å². The van der Waals surface area contributed by atoms with E-state index in [-0.39, 0.29) is 11.7 Å². The van der Waals surface area contributed by atoms with Crippen LogP contribution in [0.5, 0.6) is 0 Å². The fraction of sp³-hybridized carbons (Fsp3) is 0.286. The molecule has 3 heterocycles. The van der Waals surface area contributed by atoms with E-state index in [0.29, 0.717) is 12.4 Å². The molecule has 0 radical (unpaired) electrons. The summed E-state index contributed by atoms with van der Waals surface area (Å²) in [4.78, 5) is 15.5. The summed E-state index contributed by atoms with van der Waals surface area (Å²) in [6.45, 7) is 2.68. The first-order valence-electron chi connectivity index (χ1n) is 9.25. The van der Waals surface area contributed by atoms with Crippen LogP contribution in [-0.2, 0) is 17.7 Å². The molecule has 0 fully saturated rings. The van der Waals surface area contributed by atoms with E-state index in [1.807, 2.05) is 17.4 Å². The Morgan fingerprint density at radius 2 is 2.07 bits per heavy atom. The number of thiophene rings is 1. The summed E-state index contributed by atoms with van der Waals surface area (Å²) >= 11 is 1.85. The Morgan fingerprint density at radius 3 is 2.82 bits per heavy atom. The van der Waals surface area contributed by atoms with Crippen molar-refractivity contribution in [3.63, 3.8) is 0 Å². The number of nitrogens with zero attached hydrogens (tertiary/aromatic N) is 3. The summed E-state index contributed by atoms with van der Waals surface area (Å²) in [5.41, 5.74) is 2.90. The van der Waals surface area contributed by atoms with Gasteiger partial charge in [-0.15, -0.1) is 21.5 Å². The molecule has 28 heavy (non-hydrogen) atoms. The van der Waals surface area contributed by atoms with Gasteiger partial charge in [0.1, 0.15) is 5.82 Å². The van der Waals surface area contributed by atoms with Crippen LogP contribution >= 0.6 is 11.3 Å². The summed E-state index contributed by atoms with van der Waals surface area (Å²) in [6, 6.07) is 16.4. The van der Waals surface area contributed by atoms with E-state index in [0.717, 1.165) is 19.5 Å². The second-order valence-electron chi connectivity index (χ2n) is 6.69. The van der Waals surface area contributed by atoms with E-state index >= 15 is 0 Å². The summed E-state index contributed by atoms with van der Waals surface area (Å²) in [6.07, 6.45) is 1.09. The lowest BCUT2D eigenvalue weighted by molar-refractivity contribution is 0.0593. The maximum Gasteiger partial charge on any atom is 0.358 e. The van der Waals surface area contributed by atoms with Gasteiger partial charge in [0.15, 0.2) is 5.69 Å². The van der Waals surface area contributed by atoms with Crippen molar-refractivity contribution in [2.75, 3.05) is 25.5 Å². The van der Waals surface area contributed by atoms with E-state index in [9.17, 15) is 4.79 Å². The number of methoxy groups -OCH3 is 1. The van der Waals surface area contributed by atoms with Crippen LogP contribution in [0.15, 0.2) is 53.9 Å². The molecule has 0 spiro atoms. The molecule has 0 unspecified atom stereocenters. The minimum atomic E-state index is -0.485. The zero-order valence-corrected chi connectivity index (χ0v) is 16.5. The first kappa shape index (κ1) is 18.6. The highest BCUT2D eigenvalue weighted by Gasteiger charge is 2.25.